The molecule has 6 rings (SSSR count). The van der Waals surface area contributed by atoms with E-state index in [-0.39, 0.29) is 71.1 Å². The Bertz CT molecular complexity index is 1560. The summed E-state index contributed by atoms with van der Waals surface area (Å²) in [7, 11) is 0. The van der Waals surface area contributed by atoms with E-state index in [1.54, 1.807) is 0 Å². The van der Waals surface area contributed by atoms with Gasteiger partial charge in [-0.15, -0.1) is 0 Å². The molecule has 0 radical (unpaired) electrons. The van der Waals surface area contributed by atoms with Gasteiger partial charge < -0.3 is 19.3 Å². The largest absolute Gasteiger partial charge is 0.481 e. The van der Waals surface area contributed by atoms with Gasteiger partial charge in [0.2, 0.25) is 0 Å². The first kappa shape index (κ1) is 37.6. The van der Waals surface area contributed by atoms with E-state index in [9.17, 15) is 19.2 Å². The van der Waals surface area contributed by atoms with Crippen molar-refractivity contribution in [3.8, 4) is 0 Å². The lowest BCUT2D eigenvalue weighted by atomic mass is 9.33. The van der Waals surface area contributed by atoms with Gasteiger partial charge in [0, 0.05) is 5.41 Å². The Morgan fingerprint density at radius 3 is 2.20 bits per heavy atom. The molecule has 0 aliphatic heterocycles. The van der Waals surface area contributed by atoms with Crippen LogP contribution >= 0.6 is 0 Å². The Morgan fingerprint density at radius 2 is 1.49 bits per heavy atom. The topological polar surface area (TPSA) is 116 Å². The van der Waals surface area contributed by atoms with Gasteiger partial charge in [0.05, 0.1) is 18.3 Å². The second-order valence-electron chi connectivity index (χ2n) is 18.8. The fraction of sp³-hybridized carbons (Fsp3) is 0.721. The third kappa shape index (κ3) is 6.45. The SMILES string of the molecule is CC1(C)CC[C@]2(C(=O)OCC(=O)OCc3ccccc3)CC[C@]3(C)C(=CC[C@@H]4[C@@]5(C)CC[C@H](OC(=O)CCC(=O)O)C(C)(C)[C@@H]5CC[C@]43C)[C@@H]2C1. The monoisotopic (exact) mass is 704 g/mol. The first-order valence-corrected chi connectivity index (χ1v) is 19.4. The van der Waals surface area contributed by atoms with Crippen molar-refractivity contribution < 1.29 is 38.5 Å². The smallest absolute Gasteiger partial charge is 0.344 e. The number of hydrogen-bond acceptors (Lipinski definition) is 7. The third-order valence-electron chi connectivity index (χ3n) is 15.4. The summed E-state index contributed by atoms with van der Waals surface area (Å²) in [4.78, 5) is 50.7. The maximum atomic E-state index is 14.3. The molecule has 4 saturated carbocycles. The number of carbonyl (C=O) groups is 4. The van der Waals surface area contributed by atoms with Crippen molar-refractivity contribution in [3.63, 3.8) is 0 Å². The summed E-state index contributed by atoms with van der Waals surface area (Å²) in [5.74, 6) is -1.31. The molecule has 8 atom stereocenters. The molecular formula is C43H60O8. The number of fused-ring (bicyclic) bond motifs is 7. The van der Waals surface area contributed by atoms with Crippen molar-refractivity contribution >= 4 is 23.9 Å². The highest BCUT2D eigenvalue weighted by molar-refractivity contribution is 5.82. The van der Waals surface area contributed by atoms with Gasteiger partial charge in [-0.25, -0.2) is 4.79 Å². The summed E-state index contributed by atoms with van der Waals surface area (Å²) in [6.07, 6.45) is 11.1. The van der Waals surface area contributed by atoms with Crippen LogP contribution in [0.15, 0.2) is 42.0 Å². The van der Waals surface area contributed by atoms with Crippen molar-refractivity contribution in [2.24, 2.45) is 50.2 Å². The standard InChI is InChI=1S/C43H60O8/c1-38(2)21-23-43(37(48)50-27-36(47)49-26-28-11-9-8-10-12-28)24-22-41(6)29(30(43)25-38)13-14-32-40(5)19-18-33(51-35(46)16-15-34(44)45)39(3,4)31(40)17-20-42(32,41)7/h8-13,30-33H,14-27H2,1-7H3,(H,44,45)/t30-,31-,32+,33-,40-,41+,42+,43-/m0/s1. The molecule has 5 aliphatic carbocycles. The van der Waals surface area contributed by atoms with Crippen LogP contribution in [0.3, 0.4) is 0 Å². The molecule has 8 nitrogen and oxygen atoms in total. The van der Waals surface area contributed by atoms with E-state index >= 15 is 0 Å². The van der Waals surface area contributed by atoms with Crippen LogP contribution in [0.1, 0.15) is 131 Å². The van der Waals surface area contributed by atoms with Gasteiger partial charge in [-0.3, -0.25) is 14.4 Å². The molecule has 1 aromatic carbocycles. The molecule has 0 heterocycles. The highest BCUT2D eigenvalue weighted by Gasteiger charge is 2.69. The maximum Gasteiger partial charge on any atom is 0.344 e. The van der Waals surface area contributed by atoms with Crippen LogP contribution in [-0.4, -0.2) is 41.7 Å². The Kier molecular flexibility index (Phi) is 9.85. The van der Waals surface area contributed by atoms with E-state index in [1.165, 1.54) is 5.57 Å². The molecule has 280 valence electrons. The Labute approximate surface area is 304 Å². The number of rotatable bonds is 9. The van der Waals surface area contributed by atoms with Gasteiger partial charge in [0.15, 0.2) is 6.61 Å². The zero-order chi connectivity index (χ0) is 37.0. The van der Waals surface area contributed by atoms with Gasteiger partial charge in [-0.1, -0.05) is 90.4 Å². The van der Waals surface area contributed by atoms with Gasteiger partial charge in [0.1, 0.15) is 12.7 Å². The van der Waals surface area contributed by atoms with E-state index in [4.69, 9.17) is 19.3 Å². The van der Waals surface area contributed by atoms with Crippen LogP contribution in [-0.2, 0) is 40.0 Å². The number of aliphatic carboxylic acids is 1. The van der Waals surface area contributed by atoms with E-state index in [0.29, 0.717) is 11.8 Å². The molecule has 1 N–H and O–H groups in total. The van der Waals surface area contributed by atoms with Gasteiger partial charge in [-0.05, 0) is 109 Å². The molecule has 0 spiro atoms. The molecule has 51 heavy (non-hydrogen) atoms. The van der Waals surface area contributed by atoms with Crippen molar-refractivity contribution in [2.75, 3.05) is 6.61 Å². The first-order chi connectivity index (χ1) is 23.9. The molecule has 0 saturated heterocycles. The van der Waals surface area contributed by atoms with Crippen LogP contribution in [0.4, 0.5) is 0 Å². The van der Waals surface area contributed by atoms with Crippen LogP contribution < -0.4 is 0 Å². The number of ether oxygens (including phenoxy) is 3. The highest BCUT2D eigenvalue weighted by atomic mass is 16.6. The average Bonchev–Trinajstić information content (AvgIpc) is 3.07. The van der Waals surface area contributed by atoms with Crippen molar-refractivity contribution in [3.05, 3.63) is 47.5 Å². The number of carboxylic acids is 1. The fourth-order valence-electron chi connectivity index (χ4n) is 12.3. The van der Waals surface area contributed by atoms with Crippen LogP contribution in [0.5, 0.6) is 0 Å². The minimum absolute atomic E-state index is 0.0301. The van der Waals surface area contributed by atoms with E-state index in [0.717, 1.165) is 69.8 Å². The molecule has 4 fully saturated rings. The van der Waals surface area contributed by atoms with Crippen molar-refractivity contribution in [1.82, 2.24) is 0 Å². The molecular weight excluding hydrogens is 644 g/mol. The zero-order valence-electron chi connectivity index (χ0n) is 32.0. The van der Waals surface area contributed by atoms with Gasteiger partial charge >= 0.3 is 23.9 Å². The number of benzene rings is 1. The van der Waals surface area contributed by atoms with Crippen LogP contribution in [0, 0.1) is 50.2 Å². The van der Waals surface area contributed by atoms with E-state index in [2.05, 4.69) is 54.5 Å². The van der Waals surface area contributed by atoms with Crippen molar-refractivity contribution in [1.29, 1.82) is 0 Å². The lowest BCUT2D eigenvalue weighted by Gasteiger charge is -2.71. The number of allylic oxidation sites excluding steroid dienone is 2. The molecule has 0 bridgehead atoms. The minimum Gasteiger partial charge on any atom is -0.481 e. The van der Waals surface area contributed by atoms with Crippen LogP contribution in [0.2, 0.25) is 0 Å². The predicted molar refractivity (Wildman–Crippen MR) is 193 cm³/mol. The lowest BCUT2D eigenvalue weighted by Crippen LogP contribution is -2.65. The molecule has 1 aromatic rings. The molecule has 0 aromatic heterocycles. The number of esters is 3. The number of carboxylic acid groups (broad SMARTS) is 1. The van der Waals surface area contributed by atoms with E-state index in [1.807, 2.05) is 30.3 Å². The van der Waals surface area contributed by atoms with Gasteiger partial charge in [0.25, 0.3) is 0 Å². The van der Waals surface area contributed by atoms with E-state index < -0.39 is 23.3 Å². The molecule has 8 heteroatoms. The number of hydrogen-bond donors (Lipinski definition) is 1. The summed E-state index contributed by atoms with van der Waals surface area (Å²) < 4.78 is 17.3. The number of carbonyl (C=O) groups excluding carboxylic acids is 3. The average molecular weight is 705 g/mol. The first-order valence-electron chi connectivity index (χ1n) is 19.4. The Balaban J connectivity index is 1.22. The summed E-state index contributed by atoms with van der Waals surface area (Å²) in [5, 5.41) is 9.07. The summed E-state index contributed by atoms with van der Waals surface area (Å²) >= 11 is 0. The zero-order valence-corrected chi connectivity index (χ0v) is 32.0. The third-order valence-corrected chi connectivity index (χ3v) is 15.4. The fourth-order valence-corrected chi connectivity index (χ4v) is 12.3. The predicted octanol–water partition coefficient (Wildman–Crippen LogP) is 8.85. The summed E-state index contributed by atoms with van der Waals surface area (Å²) in [5.41, 5.74) is 1.54. The second-order valence-corrected chi connectivity index (χ2v) is 18.8. The maximum absolute atomic E-state index is 14.3. The van der Waals surface area contributed by atoms with Gasteiger partial charge in [-0.2, -0.15) is 0 Å². The normalized spacial score (nSPS) is 37.6. The minimum atomic E-state index is -0.986. The molecule has 0 unspecified atom stereocenters. The Morgan fingerprint density at radius 1 is 0.784 bits per heavy atom. The van der Waals surface area contributed by atoms with Crippen LogP contribution in [0.25, 0.3) is 0 Å². The Hall–Kier alpha value is -3.16. The molecule has 5 aliphatic rings. The summed E-state index contributed by atoms with van der Waals surface area (Å²) in [6.45, 7) is 16.4. The summed E-state index contributed by atoms with van der Waals surface area (Å²) in [6, 6.07) is 9.52. The van der Waals surface area contributed by atoms with Crippen molar-refractivity contribution in [2.45, 2.75) is 138 Å². The highest BCUT2D eigenvalue weighted by Crippen LogP contribution is 2.76. The molecule has 0 amide bonds. The quantitative estimate of drug-likeness (QED) is 0.154. The lowest BCUT2D eigenvalue weighted by molar-refractivity contribution is -0.214. The second kappa shape index (κ2) is 13.4.